The summed E-state index contributed by atoms with van der Waals surface area (Å²) in [5.74, 6) is 1.67. The van der Waals surface area contributed by atoms with Crippen LogP contribution in [0.3, 0.4) is 0 Å². The molecule has 0 bridgehead atoms. The number of hydrogen-bond acceptors (Lipinski definition) is 5. The molecule has 3 aromatic rings. The van der Waals surface area contributed by atoms with Crippen molar-refractivity contribution >= 4 is 29.3 Å². The third-order valence-electron chi connectivity index (χ3n) is 5.02. The van der Waals surface area contributed by atoms with Crippen LogP contribution in [0.4, 0.5) is 0 Å². The Kier molecular flexibility index (Phi) is 6.25. The Morgan fingerprint density at radius 2 is 2.10 bits per heavy atom. The van der Waals surface area contributed by atoms with Crippen molar-refractivity contribution in [1.82, 2.24) is 20.1 Å². The molecule has 0 aliphatic heterocycles. The lowest BCUT2D eigenvalue weighted by Crippen LogP contribution is -2.37. The lowest BCUT2D eigenvalue weighted by atomic mass is 9.95. The average molecular weight is 431 g/mol. The SMILES string of the molecule is CC(=O)NC1CCCC(Sc2nnc(-c3ccc(Cl)cc3)n2Cc2ccco2)C1. The molecule has 0 spiro atoms. The molecule has 6 nitrogen and oxygen atoms in total. The van der Waals surface area contributed by atoms with Crippen molar-refractivity contribution in [3.63, 3.8) is 0 Å². The molecule has 152 valence electrons. The molecule has 1 aliphatic rings. The standard InChI is InChI=1S/C21H23ClN4O2S/c1-14(27)23-17-4-2-6-19(12-17)29-21-25-24-20(15-7-9-16(22)10-8-15)26(21)13-18-5-3-11-28-18/h3,5,7-11,17,19H,2,4,6,12-13H2,1H3,(H,23,27). The zero-order valence-corrected chi connectivity index (χ0v) is 17.7. The maximum absolute atomic E-state index is 11.4. The van der Waals surface area contributed by atoms with E-state index in [9.17, 15) is 4.79 Å². The number of thioether (sulfide) groups is 1. The number of furan rings is 1. The molecule has 1 aliphatic carbocycles. The summed E-state index contributed by atoms with van der Waals surface area (Å²) < 4.78 is 7.66. The topological polar surface area (TPSA) is 73.0 Å². The highest BCUT2D eigenvalue weighted by atomic mass is 35.5. The Bertz CT molecular complexity index is 956. The van der Waals surface area contributed by atoms with Gasteiger partial charge in [-0.3, -0.25) is 9.36 Å². The molecular weight excluding hydrogens is 408 g/mol. The Morgan fingerprint density at radius 3 is 2.83 bits per heavy atom. The van der Waals surface area contributed by atoms with Crippen LogP contribution in [-0.4, -0.2) is 32.0 Å². The number of carbonyl (C=O) groups is 1. The highest BCUT2D eigenvalue weighted by Gasteiger charge is 2.26. The predicted octanol–water partition coefficient (Wildman–Crippen LogP) is 4.78. The van der Waals surface area contributed by atoms with Gasteiger partial charge in [0.25, 0.3) is 0 Å². The minimum absolute atomic E-state index is 0.0339. The first-order valence-corrected chi connectivity index (χ1v) is 11.0. The normalized spacial score (nSPS) is 19.2. The number of hydrogen-bond donors (Lipinski definition) is 1. The number of carbonyl (C=O) groups excluding carboxylic acids is 1. The Morgan fingerprint density at radius 1 is 1.28 bits per heavy atom. The summed E-state index contributed by atoms with van der Waals surface area (Å²) in [6, 6.07) is 11.7. The first kappa shape index (κ1) is 20.0. The van der Waals surface area contributed by atoms with Crippen molar-refractivity contribution in [3.05, 3.63) is 53.4 Å². The number of amides is 1. The fourth-order valence-electron chi connectivity index (χ4n) is 3.71. The van der Waals surface area contributed by atoms with Crippen LogP contribution in [0.1, 0.15) is 38.4 Å². The molecule has 1 aromatic carbocycles. The van der Waals surface area contributed by atoms with Gasteiger partial charge in [-0.05, 0) is 55.7 Å². The largest absolute Gasteiger partial charge is 0.467 e. The predicted molar refractivity (Wildman–Crippen MR) is 114 cm³/mol. The minimum Gasteiger partial charge on any atom is -0.467 e. The van der Waals surface area contributed by atoms with Gasteiger partial charge in [0, 0.05) is 28.8 Å². The van der Waals surface area contributed by atoms with E-state index >= 15 is 0 Å². The Hall–Kier alpha value is -2.25. The van der Waals surface area contributed by atoms with Crippen molar-refractivity contribution < 1.29 is 9.21 Å². The van der Waals surface area contributed by atoms with E-state index in [2.05, 4.69) is 20.1 Å². The summed E-state index contributed by atoms with van der Waals surface area (Å²) in [5, 5.41) is 14.0. The van der Waals surface area contributed by atoms with Crippen LogP contribution in [-0.2, 0) is 11.3 Å². The molecule has 4 rings (SSSR count). The van der Waals surface area contributed by atoms with E-state index in [1.165, 1.54) is 0 Å². The summed E-state index contributed by atoms with van der Waals surface area (Å²) in [6.07, 6.45) is 5.84. The highest BCUT2D eigenvalue weighted by Crippen LogP contribution is 2.35. The molecule has 1 saturated carbocycles. The molecule has 29 heavy (non-hydrogen) atoms. The maximum Gasteiger partial charge on any atom is 0.217 e. The molecule has 8 heteroatoms. The van der Waals surface area contributed by atoms with E-state index < -0.39 is 0 Å². The van der Waals surface area contributed by atoms with Crippen molar-refractivity contribution in [3.8, 4) is 11.4 Å². The number of halogens is 1. The van der Waals surface area contributed by atoms with E-state index in [1.807, 2.05) is 36.4 Å². The maximum atomic E-state index is 11.4. The summed E-state index contributed by atoms with van der Waals surface area (Å²) in [5.41, 5.74) is 0.958. The first-order valence-electron chi connectivity index (χ1n) is 9.74. The summed E-state index contributed by atoms with van der Waals surface area (Å²) in [7, 11) is 0. The van der Waals surface area contributed by atoms with Gasteiger partial charge in [0.2, 0.25) is 5.91 Å². The third-order valence-corrected chi connectivity index (χ3v) is 6.55. The third kappa shape index (κ3) is 5.03. The van der Waals surface area contributed by atoms with Gasteiger partial charge in [-0.25, -0.2) is 0 Å². The van der Waals surface area contributed by atoms with Crippen LogP contribution in [0.5, 0.6) is 0 Å². The smallest absolute Gasteiger partial charge is 0.217 e. The van der Waals surface area contributed by atoms with Crippen molar-refractivity contribution in [2.24, 2.45) is 0 Å². The van der Waals surface area contributed by atoms with Gasteiger partial charge >= 0.3 is 0 Å². The van der Waals surface area contributed by atoms with Crippen LogP contribution in [0.15, 0.2) is 52.2 Å². The molecule has 0 saturated heterocycles. The minimum atomic E-state index is 0.0339. The summed E-state index contributed by atoms with van der Waals surface area (Å²) >= 11 is 7.78. The van der Waals surface area contributed by atoms with Crippen LogP contribution in [0, 0.1) is 0 Å². The molecular formula is C21H23ClN4O2S. The Balaban J connectivity index is 1.59. The molecule has 1 N–H and O–H groups in total. The van der Waals surface area contributed by atoms with Crippen molar-refractivity contribution in [1.29, 1.82) is 0 Å². The van der Waals surface area contributed by atoms with Crippen LogP contribution in [0.2, 0.25) is 5.02 Å². The van der Waals surface area contributed by atoms with E-state index in [-0.39, 0.29) is 11.9 Å². The number of aromatic nitrogens is 3. The second-order valence-corrected chi connectivity index (χ2v) is 8.99. The van der Waals surface area contributed by atoms with E-state index in [4.69, 9.17) is 16.0 Å². The van der Waals surface area contributed by atoms with Gasteiger partial charge < -0.3 is 9.73 Å². The first-order chi connectivity index (χ1) is 14.1. The van der Waals surface area contributed by atoms with Gasteiger partial charge in [-0.15, -0.1) is 10.2 Å². The van der Waals surface area contributed by atoms with Gasteiger partial charge in [0.15, 0.2) is 11.0 Å². The molecule has 2 unspecified atom stereocenters. The lowest BCUT2D eigenvalue weighted by Gasteiger charge is -2.28. The van der Waals surface area contributed by atoms with Crippen LogP contribution >= 0.6 is 23.4 Å². The zero-order valence-electron chi connectivity index (χ0n) is 16.2. The molecule has 1 amide bonds. The Labute approximate surface area is 179 Å². The van der Waals surface area contributed by atoms with Crippen molar-refractivity contribution in [2.45, 2.75) is 55.6 Å². The number of rotatable bonds is 6. The monoisotopic (exact) mass is 430 g/mol. The van der Waals surface area contributed by atoms with Gasteiger partial charge in [0.1, 0.15) is 5.76 Å². The van der Waals surface area contributed by atoms with E-state index in [1.54, 1.807) is 24.9 Å². The van der Waals surface area contributed by atoms with Crippen LogP contribution in [0.25, 0.3) is 11.4 Å². The summed E-state index contributed by atoms with van der Waals surface area (Å²) in [6.45, 7) is 2.14. The highest BCUT2D eigenvalue weighted by molar-refractivity contribution is 7.99. The second-order valence-electron chi connectivity index (χ2n) is 7.28. The van der Waals surface area contributed by atoms with Crippen LogP contribution < -0.4 is 5.32 Å². The zero-order chi connectivity index (χ0) is 20.2. The van der Waals surface area contributed by atoms with Gasteiger partial charge in [-0.2, -0.15) is 0 Å². The van der Waals surface area contributed by atoms with Gasteiger partial charge in [0.05, 0.1) is 12.8 Å². The van der Waals surface area contributed by atoms with Crippen molar-refractivity contribution in [2.75, 3.05) is 0 Å². The second kappa shape index (κ2) is 9.05. The lowest BCUT2D eigenvalue weighted by molar-refractivity contribution is -0.119. The fourth-order valence-corrected chi connectivity index (χ4v) is 5.11. The number of nitrogens with one attached hydrogen (secondary N) is 1. The van der Waals surface area contributed by atoms with E-state index in [0.717, 1.165) is 48.0 Å². The number of benzene rings is 1. The molecule has 2 heterocycles. The van der Waals surface area contributed by atoms with E-state index in [0.29, 0.717) is 16.8 Å². The fraction of sp³-hybridized carbons (Fsp3) is 0.381. The average Bonchev–Trinajstić information content (AvgIpc) is 3.34. The number of nitrogens with zero attached hydrogens (tertiary/aromatic N) is 3. The summed E-state index contributed by atoms with van der Waals surface area (Å²) in [4.78, 5) is 11.4. The molecule has 2 aromatic heterocycles. The molecule has 2 atom stereocenters. The van der Waals surface area contributed by atoms with Gasteiger partial charge in [-0.1, -0.05) is 29.8 Å². The molecule has 1 fully saturated rings. The molecule has 0 radical (unpaired) electrons. The quantitative estimate of drug-likeness (QED) is 0.609.